The van der Waals surface area contributed by atoms with Crippen molar-refractivity contribution in [3.8, 4) is 0 Å². The van der Waals surface area contributed by atoms with E-state index in [4.69, 9.17) is 11.6 Å². The number of halogens is 1. The number of nitrogens with zero attached hydrogens (tertiary/aromatic N) is 4. The lowest BCUT2D eigenvalue weighted by Gasteiger charge is -2.35. The summed E-state index contributed by atoms with van der Waals surface area (Å²) in [6.07, 6.45) is 3.68. The van der Waals surface area contributed by atoms with Crippen LogP contribution in [0.1, 0.15) is 5.56 Å². The largest absolute Gasteiger partial charge is 0.354 e. The molecule has 0 aliphatic carbocycles. The molecule has 4 nitrogen and oxygen atoms in total. The Labute approximate surface area is 146 Å². The Morgan fingerprint density at radius 3 is 2.50 bits per heavy atom. The van der Waals surface area contributed by atoms with Gasteiger partial charge in [0, 0.05) is 61.1 Å². The lowest BCUT2D eigenvalue weighted by molar-refractivity contribution is 0.250. The number of fused-ring (bicyclic) bond motifs is 1. The molecular weight excluding hydrogens is 320 g/mol. The van der Waals surface area contributed by atoms with Crippen LogP contribution in [0.25, 0.3) is 10.9 Å². The Balaban J connectivity index is 1.49. The first kappa shape index (κ1) is 15.4. The molecule has 2 aromatic heterocycles. The van der Waals surface area contributed by atoms with E-state index in [0.717, 1.165) is 60.0 Å². The molecule has 1 aromatic carbocycles. The summed E-state index contributed by atoms with van der Waals surface area (Å²) in [6, 6.07) is 14.1. The lowest BCUT2D eigenvalue weighted by atomic mass is 10.1. The molecule has 4 rings (SSSR count). The SMILES string of the molecule is Clc1ccc2cccnc2c1CN1CCN(c2ccccn2)CC1. The van der Waals surface area contributed by atoms with Gasteiger partial charge in [-0.25, -0.2) is 4.98 Å². The lowest BCUT2D eigenvalue weighted by Crippen LogP contribution is -2.46. The van der Waals surface area contributed by atoms with Crippen LogP contribution in [-0.2, 0) is 6.54 Å². The van der Waals surface area contributed by atoms with Crippen molar-refractivity contribution >= 4 is 28.3 Å². The minimum absolute atomic E-state index is 0.799. The van der Waals surface area contributed by atoms with Gasteiger partial charge in [-0.05, 0) is 24.3 Å². The van der Waals surface area contributed by atoms with Crippen molar-refractivity contribution in [1.82, 2.24) is 14.9 Å². The molecule has 0 bridgehead atoms. The van der Waals surface area contributed by atoms with Crippen LogP contribution in [0.15, 0.2) is 54.9 Å². The van der Waals surface area contributed by atoms with Gasteiger partial charge in [0.1, 0.15) is 5.82 Å². The summed E-state index contributed by atoms with van der Waals surface area (Å²) in [5.74, 6) is 1.06. The normalized spacial score (nSPS) is 15.8. The topological polar surface area (TPSA) is 32.3 Å². The summed E-state index contributed by atoms with van der Waals surface area (Å²) >= 11 is 6.46. The summed E-state index contributed by atoms with van der Waals surface area (Å²) in [4.78, 5) is 13.8. The van der Waals surface area contributed by atoms with Crippen LogP contribution >= 0.6 is 11.6 Å². The minimum atomic E-state index is 0.799. The van der Waals surface area contributed by atoms with Crippen molar-refractivity contribution in [3.05, 3.63) is 65.4 Å². The van der Waals surface area contributed by atoms with E-state index in [1.807, 2.05) is 42.7 Å². The van der Waals surface area contributed by atoms with E-state index >= 15 is 0 Å². The van der Waals surface area contributed by atoms with Crippen LogP contribution in [0.2, 0.25) is 5.02 Å². The van der Waals surface area contributed by atoms with Crippen LogP contribution in [0.5, 0.6) is 0 Å². The monoisotopic (exact) mass is 338 g/mol. The van der Waals surface area contributed by atoms with Crippen LogP contribution in [0.4, 0.5) is 5.82 Å². The second kappa shape index (κ2) is 6.75. The van der Waals surface area contributed by atoms with E-state index in [2.05, 4.69) is 31.9 Å². The maximum Gasteiger partial charge on any atom is 0.128 e. The van der Waals surface area contributed by atoms with Gasteiger partial charge in [0.2, 0.25) is 0 Å². The van der Waals surface area contributed by atoms with Crippen LogP contribution in [0, 0.1) is 0 Å². The average Bonchev–Trinajstić information content (AvgIpc) is 2.65. The molecule has 3 heterocycles. The number of hydrogen-bond donors (Lipinski definition) is 0. The minimum Gasteiger partial charge on any atom is -0.354 e. The van der Waals surface area contributed by atoms with E-state index < -0.39 is 0 Å². The molecule has 0 unspecified atom stereocenters. The Morgan fingerprint density at radius 1 is 0.875 bits per heavy atom. The third kappa shape index (κ3) is 3.07. The summed E-state index contributed by atoms with van der Waals surface area (Å²) in [5.41, 5.74) is 2.14. The maximum atomic E-state index is 6.46. The molecule has 1 fully saturated rings. The second-order valence-corrected chi connectivity index (χ2v) is 6.46. The van der Waals surface area contributed by atoms with Gasteiger partial charge < -0.3 is 4.90 Å². The first-order valence-corrected chi connectivity index (χ1v) is 8.59. The van der Waals surface area contributed by atoms with Gasteiger partial charge in [0.25, 0.3) is 0 Å². The first-order chi connectivity index (χ1) is 11.8. The zero-order chi connectivity index (χ0) is 16.4. The standard InChI is InChI=1S/C19H19ClN4/c20-17-7-6-15-4-3-9-22-19(15)16(17)14-23-10-12-24(13-11-23)18-5-1-2-8-21-18/h1-9H,10-14H2. The highest BCUT2D eigenvalue weighted by atomic mass is 35.5. The highest BCUT2D eigenvalue weighted by Crippen LogP contribution is 2.26. The summed E-state index contributed by atoms with van der Waals surface area (Å²) in [6.45, 7) is 4.79. The third-order valence-electron chi connectivity index (χ3n) is 4.55. The number of piperazine rings is 1. The summed E-state index contributed by atoms with van der Waals surface area (Å²) in [7, 11) is 0. The van der Waals surface area contributed by atoms with Gasteiger partial charge in [-0.2, -0.15) is 0 Å². The van der Waals surface area contributed by atoms with Gasteiger partial charge in [0.15, 0.2) is 0 Å². The quantitative estimate of drug-likeness (QED) is 0.730. The molecular formula is C19H19ClN4. The molecule has 1 saturated heterocycles. The van der Waals surface area contributed by atoms with Gasteiger partial charge in [-0.1, -0.05) is 29.8 Å². The van der Waals surface area contributed by atoms with E-state index in [1.165, 1.54) is 0 Å². The van der Waals surface area contributed by atoms with Crippen molar-refractivity contribution < 1.29 is 0 Å². The predicted molar refractivity (Wildman–Crippen MR) is 98.5 cm³/mol. The fraction of sp³-hybridized carbons (Fsp3) is 0.263. The van der Waals surface area contributed by atoms with Crippen molar-refractivity contribution in [2.75, 3.05) is 31.1 Å². The van der Waals surface area contributed by atoms with Crippen molar-refractivity contribution in [2.45, 2.75) is 6.54 Å². The zero-order valence-electron chi connectivity index (χ0n) is 13.4. The summed E-state index contributed by atoms with van der Waals surface area (Å²) < 4.78 is 0. The fourth-order valence-corrected chi connectivity index (χ4v) is 3.44. The van der Waals surface area contributed by atoms with Crippen LogP contribution in [0.3, 0.4) is 0 Å². The van der Waals surface area contributed by atoms with Crippen molar-refractivity contribution in [2.24, 2.45) is 0 Å². The molecule has 1 aliphatic rings. The molecule has 0 amide bonds. The van der Waals surface area contributed by atoms with Gasteiger partial charge >= 0.3 is 0 Å². The smallest absolute Gasteiger partial charge is 0.128 e. The number of hydrogen-bond acceptors (Lipinski definition) is 4. The molecule has 24 heavy (non-hydrogen) atoms. The van der Waals surface area contributed by atoms with Crippen LogP contribution in [-0.4, -0.2) is 41.0 Å². The molecule has 0 saturated carbocycles. The van der Waals surface area contributed by atoms with Gasteiger partial charge in [-0.15, -0.1) is 0 Å². The predicted octanol–water partition coefficient (Wildman–Crippen LogP) is 3.61. The van der Waals surface area contributed by atoms with Gasteiger partial charge in [-0.3, -0.25) is 9.88 Å². The highest BCUT2D eigenvalue weighted by Gasteiger charge is 2.19. The Bertz CT molecular complexity index is 829. The number of rotatable bonds is 3. The molecule has 3 aromatic rings. The summed E-state index contributed by atoms with van der Waals surface area (Å²) in [5, 5.41) is 1.94. The highest BCUT2D eigenvalue weighted by molar-refractivity contribution is 6.32. The zero-order valence-corrected chi connectivity index (χ0v) is 14.2. The number of benzene rings is 1. The van der Waals surface area contributed by atoms with E-state index in [1.54, 1.807) is 0 Å². The maximum absolute atomic E-state index is 6.46. The molecule has 122 valence electrons. The molecule has 0 radical (unpaired) electrons. The van der Waals surface area contributed by atoms with Crippen molar-refractivity contribution in [1.29, 1.82) is 0 Å². The Morgan fingerprint density at radius 2 is 1.71 bits per heavy atom. The first-order valence-electron chi connectivity index (χ1n) is 8.22. The van der Waals surface area contributed by atoms with E-state index in [-0.39, 0.29) is 0 Å². The molecule has 0 spiro atoms. The van der Waals surface area contributed by atoms with E-state index in [9.17, 15) is 0 Å². The molecule has 0 N–H and O–H groups in total. The number of aromatic nitrogens is 2. The van der Waals surface area contributed by atoms with E-state index in [0.29, 0.717) is 0 Å². The Hall–Kier alpha value is -2.17. The third-order valence-corrected chi connectivity index (χ3v) is 4.90. The molecule has 1 aliphatic heterocycles. The average molecular weight is 339 g/mol. The van der Waals surface area contributed by atoms with Gasteiger partial charge in [0.05, 0.1) is 5.52 Å². The number of pyridine rings is 2. The van der Waals surface area contributed by atoms with Crippen LogP contribution < -0.4 is 4.90 Å². The molecule has 0 atom stereocenters. The Kier molecular flexibility index (Phi) is 4.32. The fourth-order valence-electron chi connectivity index (χ4n) is 3.23. The number of anilines is 1. The van der Waals surface area contributed by atoms with Crippen molar-refractivity contribution in [3.63, 3.8) is 0 Å². The molecule has 5 heteroatoms. The second-order valence-electron chi connectivity index (χ2n) is 6.05.